The first-order valence-electron chi connectivity index (χ1n) is 8.96. The number of nitrogens with zero attached hydrogens (tertiary/aromatic N) is 2. The summed E-state index contributed by atoms with van der Waals surface area (Å²) in [7, 11) is 3.33. The SMILES string of the molecule is COc1cccc(OCCN(C)C(=O)NC[C@@H]2CC(=O)N(C(C)C)C2)c1. The summed E-state index contributed by atoms with van der Waals surface area (Å²) in [4.78, 5) is 27.5. The Balaban J connectivity index is 1.68. The van der Waals surface area contributed by atoms with Crippen LogP contribution >= 0.6 is 0 Å². The highest BCUT2D eigenvalue weighted by Crippen LogP contribution is 2.20. The number of carbonyl (C=O) groups is 2. The Labute approximate surface area is 155 Å². The molecular weight excluding hydrogens is 334 g/mol. The van der Waals surface area contributed by atoms with E-state index in [2.05, 4.69) is 5.32 Å². The number of benzene rings is 1. The van der Waals surface area contributed by atoms with Crippen molar-refractivity contribution in [2.75, 3.05) is 40.4 Å². The van der Waals surface area contributed by atoms with Gasteiger partial charge in [0.15, 0.2) is 0 Å². The van der Waals surface area contributed by atoms with Gasteiger partial charge >= 0.3 is 6.03 Å². The minimum absolute atomic E-state index is 0.158. The Bertz CT molecular complexity index is 621. The number of rotatable bonds is 8. The van der Waals surface area contributed by atoms with E-state index in [1.165, 1.54) is 0 Å². The molecule has 26 heavy (non-hydrogen) atoms. The third-order valence-corrected chi connectivity index (χ3v) is 4.49. The van der Waals surface area contributed by atoms with Crippen LogP contribution in [0.1, 0.15) is 20.3 Å². The first-order chi connectivity index (χ1) is 12.4. The summed E-state index contributed by atoms with van der Waals surface area (Å²) in [6.07, 6.45) is 0.501. The Kier molecular flexibility index (Phi) is 7.12. The monoisotopic (exact) mass is 363 g/mol. The van der Waals surface area contributed by atoms with E-state index in [-0.39, 0.29) is 23.9 Å². The van der Waals surface area contributed by atoms with Crippen molar-refractivity contribution < 1.29 is 19.1 Å². The summed E-state index contributed by atoms with van der Waals surface area (Å²) < 4.78 is 10.8. The quantitative estimate of drug-likeness (QED) is 0.767. The van der Waals surface area contributed by atoms with Crippen molar-refractivity contribution in [1.29, 1.82) is 0 Å². The third-order valence-electron chi connectivity index (χ3n) is 4.49. The van der Waals surface area contributed by atoms with Gasteiger partial charge in [0.1, 0.15) is 18.1 Å². The Morgan fingerprint density at radius 3 is 2.77 bits per heavy atom. The van der Waals surface area contributed by atoms with E-state index in [0.29, 0.717) is 38.4 Å². The van der Waals surface area contributed by atoms with E-state index in [1.807, 2.05) is 36.9 Å². The third kappa shape index (κ3) is 5.54. The highest BCUT2D eigenvalue weighted by molar-refractivity contribution is 5.79. The molecule has 0 saturated carbocycles. The van der Waals surface area contributed by atoms with Gasteiger partial charge in [0.25, 0.3) is 0 Å². The number of carbonyl (C=O) groups excluding carboxylic acids is 2. The lowest BCUT2D eigenvalue weighted by Crippen LogP contribution is -2.41. The van der Waals surface area contributed by atoms with Crippen molar-refractivity contribution in [1.82, 2.24) is 15.1 Å². The van der Waals surface area contributed by atoms with Crippen molar-refractivity contribution in [2.45, 2.75) is 26.3 Å². The van der Waals surface area contributed by atoms with Gasteiger partial charge < -0.3 is 24.6 Å². The van der Waals surface area contributed by atoms with Gasteiger partial charge in [-0.05, 0) is 26.0 Å². The van der Waals surface area contributed by atoms with Crippen LogP contribution in [0.3, 0.4) is 0 Å². The van der Waals surface area contributed by atoms with Crippen LogP contribution in [-0.4, -0.2) is 68.2 Å². The van der Waals surface area contributed by atoms with Crippen molar-refractivity contribution in [3.8, 4) is 11.5 Å². The molecule has 1 saturated heterocycles. The van der Waals surface area contributed by atoms with Crippen LogP contribution in [0.4, 0.5) is 4.79 Å². The molecule has 1 aliphatic rings. The molecule has 1 N–H and O–H groups in total. The van der Waals surface area contributed by atoms with Crippen molar-refractivity contribution in [2.24, 2.45) is 5.92 Å². The fourth-order valence-corrected chi connectivity index (χ4v) is 2.90. The van der Waals surface area contributed by atoms with Crippen molar-refractivity contribution in [3.63, 3.8) is 0 Å². The molecule has 0 aliphatic carbocycles. The van der Waals surface area contributed by atoms with E-state index in [1.54, 1.807) is 25.1 Å². The molecule has 0 aromatic heterocycles. The number of nitrogens with one attached hydrogen (secondary N) is 1. The van der Waals surface area contributed by atoms with Crippen molar-refractivity contribution >= 4 is 11.9 Å². The molecule has 0 radical (unpaired) electrons. The predicted molar refractivity (Wildman–Crippen MR) is 99.5 cm³/mol. The second-order valence-corrected chi connectivity index (χ2v) is 6.85. The second kappa shape index (κ2) is 9.31. The topological polar surface area (TPSA) is 71.1 Å². The number of methoxy groups -OCH3 is 1. The van der Waals surface area contributed by atoms with Gasteiger partial charge in [-0.1, -0.05) is 6.07 Å². The van der Waals surface area contributed by atoms with E-state index in [9.17, 15) is 9.59 Å². The zero-order valence-corrected chi connectivity index (χ0v) is 16.0. The van der Waals surface area contributed by atoms with Crippen LogP contribution in [0.5, 0.6) is 11.5 Å². The van der Waals surface area contributed by atoms with Gasteiger partial charge in [0, 0.05) is 44.6 Å². The molecule has 2 rings (SSSR count). The number of ether oxygens (including phenoxy) is 2. The van der Waals surface area contributed by atoms with Crippen LogP contribution < -0.4 is 14.8 Å². The predicted octanol–water partition coefficient (Wildman–Crippen LogP) is 1.97. The van der Waals surface area contributed by atoms with Crippen LogP contribution in [0.15, 0.2) is 24.3 Å². The van der Waals surface area contributed by atoms with Gasteiger partial charge in [-0.15, -0.1) is 0 Å². The standard InChI is InChI=1S/C19H29N3O4/c1-14(2)22-13-15(10-18(22)23)12-20-19(24)21(3)8-9-26-17-7-5-6-16(11-17)25-4/h5-7,11,14-15H,8-10,12-13H2,1-4H3,(H,20,24)/t15-/m0/s1. The fourth-order valence-electron chi connectivity index (χ4n) is 2.90. The molecule has 7 heteroatoms. The maximum Gasteiger partial charge on any atom is 0.317 e. The molecule has 0 bridgehead atoms. The second-order valence-electron chi connectivity index (χ2n) is 6.85. The number of hydrogen-bond acceptors (Lipinski definition) is 4. The van der Waals surface area contributed by atoms with Crippen LogP contribution in [-0.2, 0) is 4.79 Å². The largest absolute Gasteiger partial charge is 0.497 e. The maximum absolute atomic E-state index is 12.2. The minimum Gasteiger partial charge on any atom is -0.497 e. The van der Waals surface area contributed by atoms with Gasteiger partial charge in [-0.2, -0.15) is 0 Å². The Morgan fingerprint density at radius 1 is 1.38 bits per heavy atom. The summed E-state index contributed by atoms with van der Waals surface area (Å²) in [5.74, 6) is 1.78. The summed E-state index contributed by atoms with van der Waals surface area (Å²) >= 11 is 0. The molecule has 7 nitrogen and oxygen atoms in total. The summed E-state index contributed by atoms with van der Waals surface area (Å²) in [6.45, 7) is 6.09. The van der Waals surface area contributed by atoms with Gasteiger partial charge in [-0.25, -0.2) is 4.79 Å². The maximum atomic E-state index is 12.2. The summed E-state index contributed by atoms with van der Waals surface area (Å²) in [6, 6.07) is 7.40. The molecule has 1 aromatic rings. The molecule has 0 unspecified atom stereocenters. The first-order valence-corrected chi connectivity index (χ1v) is 8.96. The molecule has 3 amide bonds. The lowest BCUT2D eigenvalue weighted by molar-refractivity contribution is -0.129. The van der Waals surface area contributed by atoms with Gasteiger partial charge in [0.2, 0.25) is 5.91 Å². The Hall–Kier alpha value is -2.44. The zero-order valence-electron chi connectivity index (χ0n) is 16.0. The average molecular weight is 363 g/mol. The summed E-state index contributed by atoms with van der Waals surface area (Å²) in [5.41, 5.74) is 0. The minimum atomic E-state index is -0.158. The molecule has 1 atom stereocenters. The fraction of sp³-hybridized carbons (Fsp3) is 0.579. The molecule has 0 spiro atoms. The average Bonchev–Trinajstić information content (AvgIpc) is 3.00. The number of amides is 3. The van der Waals surface area contributed by atoms with Crippen molar-refractivity contribution in [3.05, 3.63) is 24.3 Å². The molecular formula is C19H29N3O4. The lowest BCUT2D eigenvalue weighted by atomic mass is 10.1. The lowest BCUT2D eigenvalue weighted by Gasteiger charge is -2.22. The number of likely N-dealkylation sites (tertiary alicyclic amines) is 1. The van der Waals surface area contributed by atoms with Crippen LogP contribution in [0, 0.1) is 5.92 Å². The highest BCUT2D eigenvalue weighted by atomic mass is 16.5. The van der Waals surface area contributed by atoms with E-state index in [0.717, 1.165) is 5.75 Å². The molecule has 1 aromatic carbocycles. The first kappa shape index (κ1) is 19.9. The van der Waals surface area contributed by atoms with Gasteiger partial charge in [0.05, 0.1) is 13.7 Å². The highest BCUT2D eigenvalue weighted by Gasteiger charge is 2.31. The van der Waals surface area contributed by atoms with E-state index in [4.69, 9.17) is 9.47 Å². The molecule has 1 heterocycles. The summed E-state index contributed by atoms with van der Waals surface area (Å²) in [5, 5.41) is 2.90. The molecule has 144 valence electrons. The molecule has 1 aliphatic heterocycles. The van der Waals surface area contributed by atoms with Gasteiger partial charge in [-0.3, -0.25) is 4.79 Å². The van der Waals surface area contributed by atoms with Crippen LogP contribution in [0.25, 0.3) is 0 Å². The Morgan fingerprint density at radius 2 is 2.12 bits per heavy atom. The van der Waals surface area contributed by atoms with Crippen LogP contribution in [0.2, 0.25) is 0 Å². The zero-order chi connectivity index (χ0) is 19.1. The number of likely N-dealkylation sites (N-methyl/N-ethyl adjacent to an activating group) is 1. The molecule has 1 fully saturated rings. The number of urea groups is 1. The van der Waals surface area contributed by atoms with E-state index < -0.39 is 0 Å². The number of hydrogen-bond donors (Lipinski definition) is 1. The van der Waals surface area contributed by atoms with E-state index >= 15 is 0 Å². The smallest absolute Gasteiger partial charge is 0.317 e. The normalized spacial score (nSPS) is 16.7.